The molecule has 5 rings (SSSR count). The summed E-state index contributed by atoms with van der Waals surface area (Å²) < 4.78 is 14.6. The summed E-state index contributed by atoms with van der Waals surface area (Å²) in [5.41, 5.74) is 1.49. The number of carbonyl (C=O) groups is 3. The van der Waals surface area contributed by atoms with Crippen LogP contribution in [0.3, 0.4) is 0 Å². The normalized spacial score (nSPS) is 13.0. The number of nitrogens with zero attached hydrogens (tertiary/aromatic N) is 1. The molecule has 3 amide bonds. The fraction of sp³-hybridized carbons (Fsp3) is 0. The molecule has 2 heterocycles. The van der Waals surface area contributed by atoms with Crippen molar-refractivity contribution in [3.8, 4) is 0 Å². The van der Waals surface area contributed by atoms with Crippen molar-refractivity contribution in [2.75, 3.05) is 10.2 Å². The van der Waals surface area contributed by atoms with E-state index in [0.717, 1.165) is 4.90 Å². The van der Waals surface area contributed by atoms with Gasteiger partial charge in [0, 0.05) is 15.8 Å². The van der Waals surface area contributed by atoms with Gasteiger partial charge in [0.15, 0.2) is 0 Å². The summed E-state index contributed by atoms with van der Waals surface area (Å²) >= 11 is 1.19. The van der Waals surface area contributed by atoms with E-state index in [-0.39, 0.29) is 5.82 Å². The minimum Gasteiger partial charge on any atom is -0.321 e. The van der Waals surface area contributed by atoms with Gasteiger partial charge in [-0.1, -0.05) is 24.3 Å². The molecule has 5 nitrogen and oxygen atoms in total. The van der Waals surface area contributed by atoms with Crippen molar-refractivity contribution in [1.82, 2.24) is 0 Å². The van der Waals surface area contributed by atoms with E-state index in [4.69, 9.17) is 0 Å². The van der Waals surface area contributed by atoms with E-state index < -0.39 is 17.7 Å². The molecule has 1 aromatic heterocycles. The number of rotatable bonds is 3. The maximum atomic E-state index is 13.9. The molecule has 0 bridgehead atoms. The molecule has 0 radical (unpaired) electrons. The van der Waals surface area contributed by atoms with Gasteiger partial charge in [0.25, 0.3) is 17.7 Å². The number of anilines is 2. The van der Waals surface area contributed by atoms with Gasteiger partial charge in [-0.25, -0.2) is 9.29 Å². The Bertz CT molecular complexity index is 1330. The molecule has 7 heteroatoms. The topological polar surface area (TPSA) is 66.5 Å². The molecular weight excluding hydrogens is 403 g/mol. The fourth-order valence-corrected chi connectivity index (χ4v) is 4.45. The third kappa shape index (κ3) is 2.87. The van der Waals surface area contributed by atoms with E-state index in [0.29, 0.717) is 37.5 Å². The Balaban J connectivity index is 1.43. The number of amides is 3. The minimum atomic E-state index is -0.404. The first-order valence-corrected chi connectivity index (χ1v) is 9.92. The molecular formula is C23H13FN2O3S. The Morgan fingerprint density at radius 1 is 0.867 bits per heavy atom. The lowest BCUT2D eigenvalue weighted by Gasteiger charge is -2.15. The number of imide groups is 1. The fourth-order valence-electron chi connectivity index (χ4n) is 3.48. The van der Waals surface area contributed by atoms with Crippen LogP contribution in [0.25, 0.3) is 10.1 Å². The highest BCUT2D eigenvalue weighted by Crippen LogP contribution is 2.31. The highest BCUT2D eigenvalue weighted by molar-refractivity contribution is 7.20. The predicted octanol–water partition coefficient (Wildman–Crippen LogP) is 5.09. The maximum absolute atomic E-state index is 13.9. The minimum absolute atomic E-state index is 0.351. The summed E-state index contributed by atoms with van der Waals surface area (Å²) in [6, 6.07) is 19.4. The summed E-state index contributed by atoms with van der Waals surface area (Å²) in [4.78, 5) is 39.5. The second-order valence-corrected chi connectivity index (χ2v) is 7.84. The number of hydrogen-bond donors (Lipinski definition) is 1. The van der Waals surface area contributed by atoms with Crippen LogP contribution in [0.4, 0.5) is 15.8 Å². The molecule has 1 aliphatic rings. The molecule has 0 saturated heterocycles. The van der Waals surface area contributed by atoms with Crippen LogP contribution in [0.5, 0.6) is 0 Å². The van der Waals surface area contributed by atoms with E-state index in [2.05, 4.69) is 5.32 Å². The Morgan fingerprint density at radius 2 is 1.57 bits per heavy atom. The summed E-state index contributed by atoms with van der Waals surface area (Å²) in [7, 11) is 0. The van der Waals surface area contributed by atoms with Crippen molar-refractivity contribution in [2.24, 2.45) is 0 Å². The highest BCUT2D eigenvalue weighted by atomic mass is 32.1. The Hall–Kier alpha value is -3.84. The number of nitrogens with one attached hydrogen (secondary N) is 1. The molecule has 1 aliphatic heterocycles. The Kier molecular flexibility index (Phi) is 4.18. The molecule has 0 fully saturated rings. The Morgan fingerprint density at radius 3 is 2.27 bits per heavy atom. The van der Waals surface area contributed by atoms with Crippen molar-refractivity contribution < 1.29 is 18.8 Å². The smallest absolute Gasteiger partial charge is 0.266 e. The first-order valence-electron chi connectivity index (χ1n) is 9.10. The number of benzene rings is 3. The average molecular weight is 416 g/mol. The van der Waals surface area contributed by atoms with Gasteiger partial charge in [0.2, 0.25) is 0 Å². The number of fused-ring (bicyclic) bond motifs is 2. The summed E-state index contributed by atoms with van der Waals surface area (Å²) in [6.45, 7) is 0. The number of hydrogen-bond acceptors (Lipinski definition) is 4. The van der Waals surface area contributed by atoms with Gasteiger partial charge in [-0.15, -0.1) is 11.3 Å². The zero-order chi connectivity index (χ0) is 20.8. The van der Waals surface area contributed by atoms with Crippen LogP contribution >= 0.6 is 11.3 Å². The standard InChI is InChI=1S/C23H13FN2O3S/c24-18-9-4-10-19-17(18)12-20(30-19)21(27)25-13-5-3-6-14(11-13)26-22(28)15-7-1-2-8-16(15)23(26)29/h1-12H,(H,25,27). The van der Waals surface area contributed by atoms with Gasteiger partial charge in [-0.2, -0.15) is 0 Å². The van der Waals surface area contributed by atoms with Gasteiger partial charge in [-0.3, -0.25) is 14.4 Å². The maximum Gasteiger partial charge on any atom is 0.266 e. The molecule has 3 aromatic carbocycles. The zero-order valence-corrected chi connectivity index (χ0v) is 16.2. The molecule has 4 aromatic rings. The lowest BCUT2D eigenvalue weighted by atomic mass is 10.1. The molecule has 0 atom stereocenters. The first kappa shape index (κ1) is 18.2. The molecule has 0 unspecified atom stereocenters. The zero-order valence-electron chi connectivity index (χ0n) is 15.4. The third-order valence-corrected chi connectivity index (χ3v) is 5.99. The number of thiophene rings is 1. The van der Waals surface area contributed by atoms with E-state index in [1.54, 1.807) is 60.7 Å². The number of halogens is 1. The quantitative estimate of drug-likeness (QED) is 0.473. The van der Waals surface area contributed by atoms with Gasteiger partial charge in [-0.05, 0) is 48.5 Å². The second-order valence-electron chi connectivity index (χ2n) is 6.76. The van der Waals surface area contributed by atoms with Crippen molar-refractivity contribution in [2.45, 2.75) is 0 Å². The van der Waals surface area contributed by atoms with E-state index in [9.17, 15) is 18.8 Å². The van der Waals surface area contributed by atoms with Crippen LogP contribution in [0, 0.1) is 5.82 Å². The monoisotopic (exact) mass is 416 g/mol. The van der Waals surface area contributed by atoms with E-state index in [1.807, 2.05) is 0 Å². The molecule has 0 spiro atoms. The largest absolute Gasteiger partial charge is 0.321 e. The SMILES string of the molecule is O=C(Nc1cccc(N2C(=O)c3ccccc3C2=O)c1)c1cc2c(F)cccc2s1. The van der Waals surface area contributed by atoms with Gasteiger partial charge in [0.05, 0.1) is 21.7 Å². The second kappa shape index (κ2) is 6.89. The average Bonchev–Trinajstić information content (AvgIpc) is 3.29. The summed E-state index contributed by atoms with van der Waals surface area (Å²) in [6.07, 6.45) is 0. The van der Waals surface area contributed by atoms with Gasteiger partial charge in [0.1, 0.15) is 5.82 Å². The Labute approximate surface area is 174 Å². The summed E-state index contributed by atoms with van der Waals surface area (Å²) in [5.74, 6) is -1.58. The predicted molar refractivity (Wildman–Crippen MR) is 114 cm³/mol. The molecule has 0 saturated carbocycles. The van der Waals surface area contributed by atoms with Crippen LogP contribution < -0.4 is 10.2 Å². The molecule has 30 heavy (non-hydrogen) atoms. The molecule has 146 valence electrons. The first-order chi connectivity index (χ1) is 14.5. The van der Waals surface area contributed by atoms with Crippen LogP contribution in [0.2, 0.25) is 0 Å². The summed E-state index contributed by atoms with van der Waals surface area (Å²) in [5, 5.41) is 3.15. The lowest BCUT2D eigenvalue weighted by Crippen LogP contribution is -2.29. The van der Waals surface area contributed by atoms with Crippen LogP contribution in [0.1, 0.15) is 30.4 Å². The van der Waals surface area contributed by atoms with Crippen molar-refractivity contribution in [3.05, 3.63) is 94.6 Å². The lowest BCUT2D eigenvalue weighted by molar-refractivity contribution is 0.0925. The number of carbonyl (C=O) groups excluding carboxylic acids is 3. The highest BCUT2D eigenvalue weighted by Gasteiger charge is 2.36. The van der Waals surface area contributed by atoms with Crippen LogP contribution in [0.15, 0.2) is 72.8 Å². The molecule has 0 aliphatic carbocycles. The van der Waals surface area contributed by atoms with Crippen molar-refractivity contribution in [1.29, 1.82) is 0 Å². The van der Waals surface area contributed by atoms with Crippen molar-refractivity contribution >= 4 is 50.5 Å². The van der Waals surface area contributed by atoms with Gasteiger partial charge >= 0.3 is 0 Å². The van der Waals surface area contributed by atoms with Crippen LogP contribution in [-0.4, -0.2) is 17.7 Å². The van der Waals surface area contributed by atoms with E-state index in [1.165, 1.54) is 23.5 Å². The van der Waals surface area contributed by atoms with Crippen molar-refractivity contribution in [3.63, 3.8) is 0 Å². The van der Waals surface area contributed by atoms with Gasteiger partial charge < -0.3 is 5.32 Å². The van der Waals surface area contributed by atoms with Crippen LogP contribution in [-0.2, 0) is 0 Å². The van der Waals surface area contributed by atoms with E-state index >= 15 is 0 Å². The molecule has 1 N–H and O–H groups in total. The third-order valence-electron chi connectivity index (χ3n) is 4.89.